The van der Waals surface area contributed by atoms with Crippen LogP contribution in [0.5, 0.6) is 5.75 Å². The summed E-state index contributed by atoms with van der Waals surface area (Å²) in [5, 5.41) is 6.42. The molecule has 2 atom stereocenters. The molecular formula is C31H38ClN3O3. The van der Waals surface area contributed by atoms with Crippen LogP contribution in [0.3, 0.4) is 0 Å². The number of amides is 2. The van der Waals surface area contributed by atoms with Crippen LogP contribution in [0.1, 0.15) is 41.5 Å². The maximum absolute atomic E-state index is 12.7. The number of ether oxygens (including phenoxy) is 1. The second-order valence-corrected chi connectivity index (χ2v) is 9.95. The number of halogens is 1. The fourth-order valence-electron chi connectivity index (χ4n) is 5.25. The van der Waals surface area contributed by atoms with Crippen molar-refractivity contribution in [2.45, 2.75) is 45.7 Å². The molecule has 3 aromatic rings. The van der Waals surface area contributed by atoms with Crippen LogP contribution in [0.25, 0.3) is 11.1 Å². The van der Waals surface area contributed by atoms with E-state index < -0.39 is 0 Å². The van der Waals surface area contributed by atoms with E-state index in [0.29, 0.717) is 19.6 Å². The van der Waals surface area contributed by atoms with E-state index >= 15 is 0 Å². The van der Waals surface area contributed by atoms with Crippen molar-refractivity contribution in [3.05, 3.63) is 89.0 Å². The number of likely N-dealkylation sites (tertiary alicyclic amines) is 1. The van der Waals surface area contributed by atoms with E-state index in [1.54, 1.807) is 7.11 Å². The van der Waals surface area contributed by atoms with Crippen LogP contribution in [-0.4, -0.2) is 49.5 Å². The van der Waals surface area contributed by atoms with E-state index in [2.05, 4.69) is 66.9 Å². The van der Waals surface area contributed by atoms with E-state index in [0.717, 1.165) is 17.7 Å². The molecule has 1 aliphatic heterocycles. The van der Waals surface area contributed by atoms with Crippen molar-refractivity contribution in [3.63, 3.8) is 0 Å². The number of methoxy groups -OCH3 is 1. The summed E-state index contributed by atoms with van der Waals surface area (Å²) in [7, 11) is 1.71. The molecule has 6 nitrogen and oxygen atoms in total. The highest BCUT2D eigenvalue weighted by molar-refractivity contribution is 5.85. The van der Waals surface area contributed by atoms with Gasteiger partial charge in [0.2, 0.25) is 11.8 Å². The minimum Gasteiger partial charge on any atom is -0.496 e. The second kappa shape index (κ2) is 13.4. The van der Waals surface area contributed by atoms with Crippen LogP contribution in [0.15, 0.2) is 66.7 Å². The normalized spacial score (nSPS) is 16.9. The van der Waals surface area contributed by atoms with Crippen molar-refractivity contribution in [2.75, 3.05) is 26.7 Å². The third-order valence-corrected chi connectivity index (χ3v) is 7.07. The first-order chi connectivity index (χ1) is 17.8. The van der Waals surface area contributed by atoms with Crippen molar-refractivity contribution in [1.29, 1.82) is 0 Å². The van der Waals surface area contributed by atoms with Gasteiger partial charge in [-0.2, -0.15) is 0 Å². The van der Waals surface area contributed by atoms with E-state index in [9.17, 15) is 9.59 Å². The van der Waals surface area contributed by atoms with Gasteiger partial charge in [-0.3, -0.25) is 9.59 Å². The molecule has 0 radical (unpaired) electrons. The number of aryl methyl sites for hydroxylation is 2. The highest BCUT2D eigenvalue weighted by Crippen LogP contribution is 2.31. The van der Waals surface area contributed by atoms with Gasteiger partial charge in [0.1, 0.15) is 5.75 Å². The van der Waals surface area contributed by atoms with Gasteiger partial charge >= 0.3 is 0 Å². The van der Waals surface area contributed by atoms with Crippen LogP contribution in [-0.2, 0) is 16.1 Å². The number of benzene rings is 3. The Labute approximate surface area is 232 Å². The van der Waals surface area contributed by atoms with Crippen LogP contribution < -0.4 is 15.4 Å². The Kier molecular flexibility index (Phi) is 10.3. The first kappa shape index (κ1) is 29.2. The van der Waals surface area contributed by atoms with Crippen LogP contribution in [0.4, 0.5) is 0 Å². The van der Waals surface area contributed by atoms with Gasteiger partial charge in [-0.1, -0.05) is 65.7 Å². The summed E-state index contributed by atoms with van der Waals surface area (Å²) in [6, 6.07) is 23.5. The molecule has 1 aliphatic rings. The molecule has 1 heterocycles. The van der Waals surface area contributed by atoms with Gasteiger partial charge in [0.05, 0.1) is 13.7 Å². The largest absolute Gasteiger partial charge is 0.496 e. The molecule has 0 spiro atoms. The zero-order chi connectivity index (χ0) is 26.4. The second-order valence-electron chi connectivity index (χ2n) is 9.95. The summed E-state index contributed by atoms with van der Waals surface area (Å²) < 4.78 is 5.70. The minimum atomic E-state index is -0.193. The first-order valence-corrected chi connectivity index (χ1v) is 12.9. The molecule has 3 aromatic carbocycles. The number of nitrogens with one attached hydrogen (secondary N) is 2. The van der Waals surface area contributed by atoms with E-state index in [4.69, 9.17) is 4.74 Å². The summed E-state index contributed by atoms with van der Waals surface area (Å²) in [6.07, 6.45) is 0.824. The maximum atomic E-state index is 12.7. The lowest BCUT2D eigenvalue weighted by atomic mass is 9.85. The first-order valence-electron chi connectivity index (χ1n) is 12.9. The van der Waals surface area contributed by atoms with E-state index in [1.807, 2.05) is 29.2 Å². The molecule has 0 bridgehead atoms. The lowest BCUT2D eigenvalue weighted by Crippen LogP contribution is -2.51. The summed E-state index contributed by atoms with van der Waals surface area (Å²) in [5.74, 6) is 0.767. The zero-order valence-electron chi connectivity index (χ0n) is 22.6. The van der Waals surface area contributed by atoms with Gasteiger partial charge in [0.25, 0.3) is 0 Å². The third kappa shape index (κ3) is 7.36. The average Bonchev–Trinajstić information content (AvgIpc) is 2.90. The van der Waals surface area contributed by atoms with Gasteiger partial charge in [-0.05, 0) is 49.1 Å². The summed E-state index contributed by atoms with van der Waals surface area (Å²) in [6.45, 7) is 7.64. The molecule has 202 valence electrons. The summed E-state index contributed by atoms with van der Waals surface area (Å²) in [5.41, 5.74) is 7.17. The van der Waals surface area contributed by atoms with Crippen molar-refractivity contribution in [1.82, 2.24) is 15.5 Å². The maximum Gasteiger partial charge on any atom is 0.241 e. The Morgan fingerprint density at radius 3 is 2.34 bits per heavy atom. The number of carbonyl (C=O) groups excluding carboxylic acids is 2. The molecule has 0 saturated carbocycles. The lowest BCUT2D eigenvalue weighted by molar-refractivity contribution is -0.133. The van der Waals surface area contributed by atoms with Crippen LogP contribution >= 0.6 is 12.4 Å². The fourth-order valence-corrected chi connectivity index (χ4v) is 5.25. The molecule has 1 fully saturated rings. The van der Waals surface area contributed by atoms with E-state index in [-0.39, 0.29) is 42.7 Å². The highest BCUT2D eigenvalue weighted by Gasteiger charge is 2.32. The van der Waals surface area contributed by atoms with Gasteiger partial charge < -0.3 is 20.3 Å². The lowest BCUT2D eigenvalue weighted by Gasteiger charge is -2.39. The Morgan fingerprint density at radius 2 is 1.68 bits per heavy atom. The van der Waals surface area contributed by atoms with Crippen molar-refractivity contribution in [2.24, 2.45) is 0 Å². The quantitative estimate of drug-likeness (QED) is 0.425. The topological polar surface area (TPSA) is 70.7 Å². The molecule has 2 amide bonds. The van der Waals surface area contributed by atoms with Gasteiger partial charge in [0.15, 0.2) is 0 Å². The number of hydrogen-bond acceptors (Lipinski definition) is 4. The smallest absolute Gasteiger partial charge is 0.241 e. The standard InChI is InChI=1S/C31H37N3O3.ClH/c1-21-14-22(2)16-26(15-21)25-10-11-30(37-4)27(17-25)18-33-29-12-13-34(31(36)19-32-23(3)35)20-28(29)24-8-6-5-7-9-24;/h5-11,14-17,28-29,33H,12-13,18-20H2,1-4H3,(H,32,35);1H/t28-,29-;/m0./s1. The predicted molar refractivity (Wildman–Crippen MR) is 155 cm³/mol. The summed E-state index contributed by atoms with van der Waals surface area (Å²) in [4.78, 5) is 25.9. The number of nitrogens with zero attached hydrogens (tertiary/aromatic N) is 1. The van der Waals surface area contributed by atoms with Gasteiger partial charge in [0, 0.05) is 44.1 Å². The molecule has 4 rings (SSSR count). The number of rotatable bonds is 8. The monoisotopic (exact) mass is 535 g/mol. The van der Waals surface area contributed by atoms with Crippen LogP contribution in [0.2, 0.25) is 0 Å². The molecule has 0 aliphatic carbocycles. The van der Waals surface area contributed by atoms with Crippen molar-refractivity contribution in [3.8, 4) is 16.9 Å². The van der Waals surface area contributed by atoms with Gasteiger partial charge in [-0.15, -0.1) is 12.4 Å². The Balaban J connectivity index is 0.00000400. The molecule has 38 heavy (non-hydrogen) atoms. The van der Waals surface area contributed by atoms with E-state index in [1.165, 1.54) is 34.7 Å². The SMILES string of the molecule is COc1ccc(-c2cc(C)cc(C)c2)cc1CN[C@H]1CCN(C(=O)CNC(C)=O)C[C@H]1c1ccccc1.Cl. The van der Waals surface area contributed by atoms with Crippen molar-refractivity contribution >= 4 is 24.2 Å². The Bertz CT molecular complexity index is 1230. The highest BCUT2D eigenvalue weighted by atomic mass is 35.5. The molecular weight excluding hydrogens is 498 g/mol. The minimum absolute atomic E-state index is 0. The number of hydrogen-bond donors (Lipinski definition) is 2. The molecule has 0 aromatic heterocycles. The summed E-state index contributed by atoms with van der Waals surface area (Å²) >= 11 is 0. The Morgan fingerprint density at radius 1 is 0.974 bits per heavy atom. The van der Waals surface area contributed by atoms with Crippen molar-refractivity contribution < 1.29 is 14.3 Å². The number of piperidine rings is 1. The fraction of sp³-hybridized carbons (Fsp3) is 0.355. The van der Waals surface area contributed by atoms with Gasteiger partial charge in [-0.25, -0.2) is 0 Å². The molecule has 0 unspecified atom stereocenters. The third-order valence-electron chi connectivity index (χ3n) is 7.07. The van der Waals surface area contributed by atoms with Crippen LogP contribution in [0, 0.1) is 13.8 Å². The molecule has 2 N–H and O–H groups in total. The zero-order valence-corrected chi connectivity index (χ0v) is 23.4. The Hall–Kier alpha value is -3.35. The molecule has 7 heteroatoms. The average molecular weight is 536 g/mol. The predicted octanol–water partition coefficient (Wildman–Crippen LogP) is 5.01. The number of carbonyl (C=O) groups is 2. The molecule has 1 saturated heterocycles.